The minimum atomic E-state index is -1.01. The number of carbonyl (C=O) groups excluding carboxylic acids is 1. The van der Waals surface area contributed by atoms with Gasteiger partial charge in [-0.3, -0.25) is 4.79 Å². The summed E-state index contributed by atoms with van der Waals surface area (Å²) in [5, 5.41) is 3.18. The molecule has 2 rings (SSSR count). The molecule has 1 fully saturated rings. The van der Waals surface area contributed by atoms with Crippen LogP contribution in [0.1, 0.15) is 16.8 Å². The van der Waals surface area contributed by atoms with Crippen LogP contribution in [0.5, 0.6) is 0 Å². The normalized spacial score (nSPS) is 15.6. The molecule has 0 aromatic heterocycles. The standard InChI is InChI=1S/C12H13BrF2N2O.ClH/c13-9-7-11(15)10(14)6-8(9)12(18)17-4-1-2-16-3-5-17;/h6-7,16H,1-5H2;1H. The molecule has 106 valence electrons. The van der Waals surface area contributed by atoms with Gasteiger partial charge in [0, 0.05) is 24.1 Å². The van der Waals surface area contributed by atoms with Gasteiger partial charge in [0.05, 0.1) is 5.56 Å². The van der Waals surface area contributed by atoms with Crippen LogP contribution in [0.25, 0.3) is 0 Å². The molecule has 1 N–H and O–H groups in total. The number of amides is 1. The van der Waals surface area contributed by atoms with E-state index >= 15 is 0 Å². The maximum absolute atomic E-state index is 13.2. The summed E-state index contributed by atoms with van der Waals surface area (Å²) in [6, 6.07) is 1.93. The van der Waals surface area contributed by atoms with Crippen LogP contribution in [-0.2, 0) is 0 Å². The molecule has 1 aliphatic heterocycles. The van der Waals surface area contributed by atoms with Crippen molar-refractivity contribution >= 4 is 34.2 Å². The minimum Gasteiger partial charge on any atom is -0.337 e. The first-order chi connectivity index (χ1) is 8.59. The van der Waals surface area contributed by atoms with Crippen molar-refractivity contribution in [2.75, 3.05) is 26.2 Å². The van der Waals surface area contributed by atoms with Crippen molar-refractivity contribution in [3.05, 3.63) is 33.8 Å². The minimum absolute atomic E-state index is 0. The van der Waals surface area contributed by atoms with Gasteiger partial charge in [0.15, 0.2) is 11.6 Å². The third-order valence-corrected chi connectivity index (χ3v) is 3.52. The Bertz CT molecular complexity index is 465. The lowest BCUT2D eigenvalue weighted by Gasteiger charge is -2.20. The van der Waals surface area contributed by atoms with E-state index < -0.39 is 11.6 Å². The van der Waals surface area contributed by atoms with Crippen LogP contribution in [-0.4, -0.2) is 37.0 Å². The fourth-order valence-electron chi connectivity index (χ4n) is 1.91. The Balaban J connectivity index is 0.00000180. The molecule has 0 aliphatic carbocycles. The predicted molar refractivity (Wildman–Crippen MR) is 74.7 cm³/mol. The van der Waals surface area contributed by atoms with Crippen LogP contribution >= 0.6 is 28.3 Å². The van der Waals surface area contributed by atoms with Crippen molar-refractivity contribution in [2.45, 2.75) is 6.42 Å². The van der Waals surface area contributed by atoms with Gasteiger partial charge in [0.25, 0.3) is 5.91 Å². The van der Waals surface area contributed by atoms with Crippen LogP contribution < -0.4 is 5.32 Å². The van der Waals surface area contributed by atoms with Crippen molar-refractivity contribution in [2.24, 2.45) is 0 Å². The third kappa shape index (κ3) is 3.87. The highest BCUT2D eigenvalue weighted by Crippen LogP contribution is 2.22. The van der Waals surface area contributed by atoms with Gasteiger partial charge in [-0.25, -0.2) is 8.78 Å². The van der Waals surface area contributed by atoms with Gasteiger partial charge in [-0.1, -0.05) is 0 Å². The molecule has 3 nitrogen and oxygen atoms in total. The molecule has 0 unspecified atom stereocenters. The van der Waals surface area contributed by atoms with E-state index in [1.54, 1.807) is 4.90 Å². The monoisotopic (exact) mass is 354 g/mol. The first-order valence-electron chi connectivity index (χ1n) is 5.74. The first-order valence-corrected chi connectivity index (χ1v) is 6.53. The molecule has 0 atom stereocenters. The molecule has 1 aromatic rings. The van der Waals surface area contributed by atoms with E-state index in [0.717, 1.165) is 25.1 Å². The lowest BCUT2D eigenvalue weighted by Crippen LogP contribution is -2.34. The number of carbonyl (C=O) groups is 1. The Hall–Kier alpha value is -0.720. The molecule has 1 heterocycles. The highest BCUT2D eigenvalue weighted by molar-refractivity contribution is 9.10. The van der Waals surface area contributed by atoms with Crippen LogP contribution in [0.2, 0.25) is 0 Å². The Kier molecular flexibility index (Phi) is 6.16. The number of rotatable bonds is 1. The summed E-state index contributed by atoms with van der Waals surface area (Å²) in [6.07, 6.45) is 0.854. The van der Waals surface area contributed by atoms with Crippen LogP contribution in [0, 0.1) is 11.6 Å². The van der Waals surface area contributed by atoms with Gasteiger partial charge >= 0.3 is 0 Å². The first kappa shape index (κ1) is 16.3. The fourth-order valence-corrected chi connectivity index (χ4v) is 2.39. The molecule has 0 saturated carbocycles. The Labute approximate surface area is 124 Å². The van der Waals surface area contributed by atoms with Crippen LogP contribution in [0.15, 0.2) is 16.6 Å². The smallest absolute Gasteiger partial charge is 0.255 e. The average Bonchev–Trinajstić information content (AvgIpc) is 2.61. The van der Waals surface area contributed by atoms with Gasteiger partial charge in [0.1, 0.15) is 0 Å². The SMILES string of the molecule is Cl.O=C(c1cc(F)c(F)cc1Br)N1CCCNCC1. The molecule has 7 heteroatoms. The van der Waals surface area contributed by atoms with Gasteiger partial charge in [-0.05, 0) is 41.0 Å². The van der Waals surface area contributed by atoms with Crippen molar-refractivity contribution in [1.82, 2.24) is 10.2 Å². The van der Waals surface area contributed by atoms with E-state index in [4.69, 9.17) is 0 Å². The summed E-state index contributed by atoms with van der Waals surface area (Å²) in [7, 11) is 0. The summed E-state index contributed by atoms with van der Waals surface area (Å²) in [5.41, 5.74) is 0.163. The van der Waals surface area contributed by atoms with Gasteiger partial charge in [-0.15, -0.1) is 12.4 Å². The summed E-state index contributed by atoms with van der Waals surface area (Å²) >= 11 is 3.10. The van der Waals surface area contributed by atoms with E-state index in [-0.39, 0.29) is 28.4 Å². The molecule has 0 radical (unpaired) electrons. The summed E-state index contributed by atoms with van der Waals surface area (Å²) in [5.74, 6) is -2.24. The molecule has 0 spiro atoms. The number of benzene rings is 1. The lowest BCUT2D eigenvalue weighted by atomic mass is 10.2. The predicted octanol–water partition coefficient (Wildman–Crippen LogP) is 2.58. The van der Waals surface area contributed by atoms with Crippen molar-refractivity contribution < 1.29 is 13.6 Å². The van der Waals surface area contributed by atoms with Crippen molar-refractivity contribution in [1.29, 1.82) is 0 Å². The molecular formula is C12H14BrClF2N2O. The Morgan fingerprint density at radius 3 is 2.63 bits per heavy atom. The highest BCUT2D eigenvalue weighted by Gasteiger charge is 2.21. The fraction of sp³-hybridized carbons (Fsp3) is 0.417. The molecule has 19 heavy (non-hydrogen) atoms. The summed E-state index contributed by atoms with van der Waals surface area (Å²) in [4.78, 5) is 13.9. The number of nitrogens with one attached hydrogen (secondary N) is 1. The maximum Gasteiger partial charge on any atom is 0.255 e. The summed E-state index contributed by atoms with van der Waals surface area (Å²) in [6.45, 7) is 2.78. The van der Waals surface area contributed by atoms with Gasteiger partial charge in [0.2, 0.25) is 0 Å². The Morgan fingerprint density at radius 1 is 1.21 bits per heavy atom. The largest absolute Gasteiger partial charge is 0.337 e. The lowest BCUT2D eigenvalue weighted by molar-refractivity contribution is 0.0765. The molecule has 0 bridgehead atoms. The molecule has 1 saturated heterocycles. The second kappa shape index (κ2) is 7.17. The number of hydrogen-bond donors (Lipinski definition) is 1. The third-order valence-electron chi connectivity index (χ3n) is 2.87. The second-order valence-electron chi connectivity index (χ2n) is 4.14. The van der Waals surface area contributed by atoms with E-state index in [2.05, 4.69) is 21.2 Å². The molecular weight excluding hydrogens is 341 g/mol. The zero-order chi connectivity index (χ0) is 13.1. The molecule has 1 aromatic carbocycles. The van der Waals surface area contributed by atoms with E-state index in [9.17, 15) is 13.6 Å². The van der Waals surface area contributed by atoms with Crippen molar-refractivity contribution in [3.63, 3.8) is 0 Å². The zero-order valence-electron chi connectivity index (χ0n) is 10.1. The second-order valence-corrected chi connectivity index (χ2v) is 5.00. The molecule has 1 amide bonds. The van der Waals surface area contributed by atoms with Crippen molar-refractivity contribution in [3.8, 4) is 0 Å². The zero-order valence-corrected chi connectivity index (χ0v) is 12.5. The number of halogens is 4. The Morgan fingerprint density at radius 2 is 1.89 bits per heavy atom. The number of nitrogens with zero attached hydrogens (tertiary/aromatic N) is 1. The van der Waals surface area contributed by atoms with Gasteiger partial charge < -0.3 is 10.2 Å². The van der Waals surface area contributed by atoms with Crippen LogP contribution in [0.3, 0.4) is 0 Å². The maximum atomic E-state index is 13.2. The number of hydrogen-bond acceptors (Lipinski definition) is 2. The quantitative estimate of drug-likeness (QED) is 0.785. The highest BCUT2D eigenvalue weighted by atomic mass is 79.9. The summed E-state index contributed by atoms with van der Waals surface area (Å²) < 4.78 is 26.5. The van der Waals surface area contributed by atoms with E-state index in [1.165, 1.54) is 0 Å². The van der Waals surface area contributed by atoms with Crippen LogP contribution in [0.4, 0.5) is 8.78 Å². The van der Waals surface area contributed by atoms with Gasteiger partial charge in [-0.2, -0.15) is 0 Å². The average molecular weight is 356 g/mol. The van der Waals surface area contributed by atoms with E-state index in [1.807, 2.05) is 0 Å². The molecule has 1 aliphatic rings. The van der Waals surface area contributed by atoms with E-state index in [0.29, 0.717) is 19.6 Å². The topological polar surface area (TPSA) is 32.3 Å².